The van der Waals surface area contributed by atoms with Gasteiger partial charge in [0.1, 0.15) is 0 Å². The van der Waals surface area contributed by atoms with Crippen LogP contribution in [0, 0.1) is 11.8 Å². The lowest BCUT2D eigenvalue weighted by Gasteiger charge is -2.44. The summed E-state index contributed by atoms with van der Waals surface area (Å²) in [5.74, 6) is 0.612. The van der Waals surface area contributed by atoms with Crippen LogP contribution in [0.5, 0.6) is 0 Å². The van der Waals surface area contributed by atoms with Crippen LogP contribution in [0.1, 0.15) is 54.5 Å². The fourth-order valence-electron chi connectivity index (χ4n) is 6.43. The number of hydrogen-bond acceptors (Lipinski definition) is 4. The molecule has 198 valence electrons. The summed E-state index contributed by atoms with van der Waals surface area (Å²) in [7, 11) is 0. The summed E-state index contributed by atoms with van der Waals surface area (Å²) >= 11 is 13.8. The quantitative estimate of drug-likeness (QED) is 0.488. The van der Waals surface area contributed by atoms with Crippen LogP contribution in [-0.2, 0) is 23.2 Å². The van der Waals surface area contributed by atoms with Crippen molar-refractivity contribution in [2.24, 2.45) is 23.3 Å². The molecule has 1 aromatic carbocycles. The van der Waals surface area contributed by atoms with E-state index in [-0.39, 0.29) is 17.9 Å². The molecule has 3 amide bonds. The Balaban J connectivity index is 1.35. The number of likely N-dealkylation sites (tertiary alicyclic amines) is 2. The third-order valence-corrected chi connectivity index (χ3v) is 9.70. The molecule has 2 fully saturated rings. The van der Waals surface area contributed by atoms with Gasteiger partial charge in [-0.2, -0.15) is 0 Å². The van der Waals surface area contributed by atoms with Crippen LogP contribution >= 0.6 is 43.5 Å². The maximum atomic E-state index is 13.2. The molecule has 10 heteroatoms. The number of piperidine rings is 2. The number of amides is 3. The molecule has 0 saturated carbocycles. The minimum absolute atomic E-state index is 0.122. The average Bonchev–Trinajstić information content (AvgIpc) is 2.99. The molecule has 1 aliphatic carbocycles. The Labute approximate surface area is 239 Å². The van der Waals surface area contributed by atoms with E-state index in [0.29, 0.717) is 43.5 Å². The highest BCUT2D eigenvalue weighted by Crippen LogP contribution is 2.47. The molecule has 4 N–H and O–H groups in total. The highest BCUT2D eigenvalue weighted by molar-refractivity contribution is 9.10. The minimum atomic E-state index is -0.790. The van der Waals surface area contributed by atoms with Gasteiger partial charge in [-0.15, -0.1) is 0 Å². The first kappa shape index (κ1) is 26.9. The molecule has 5 rings (SSSR count). The molecule has 0 bridgehead atoms. The SMILES string of the molecule is NC(=O)N1CCC(CC(=O)N2CCC(C3(N)c4ncc(Br)cc4CCc4cc(Cl)cc(Br)c43)CC2)CC1. The number of urea groups is 1. The van der Waals surface area contributed by atoms with Gasteiger partial charge < -0.3 is 21.3 Å². The maximum Gasteiger partial charge on any atom is 0.314 e. The molecule has 3 heterocycles. The van der Waals surface area contributed by atoms with Crippen molar-refractivity contribution in [2.75, 3.05) is 26.2 Å². The standard InChI is InChI=1S/C27H32Br2ClN5O2/c28-20-12-18-2-1-17-13-21(30)14-22(29)24(17)27(32,25(18)33-15-20)19-5-9-34(10-6-19)23(36)11-16-3-7-35(8-4-16)26(31)37/h12-16,19H,1-11,32H2,(H2,31,37). The average molecular weight is 654 g/mol. The number of hydrogen-bond donors (Lipinski definition) is 2. The molecule has 37 heavy (non-hydrogen) atoms. The van der Waals surface area contributed by atoms with Crippen LogP contribution in [-0.4, -0.2) is 52.9 Å². The van der Waals surface area contributed by atoms with E-state index in [4.69, 9.17) is 28.1 Å². The lowest BCUT2D eigenvalue weighted by atomic mass is 9.70. The van der Waals surface area contributed by atoms with Gasteiger partial charge in [0, 0.05) is 52.8 Å². The Morgan fingerprint density at radius 2 is 1.65 bits per heavy atom. The van der Waals surface area contributed by atoms with Crippen molar-refractivity contribution in [3.8, 4) is 0 Å². The number of nitrogens with two attached hydrogens (primary N) is 2. The van der Waals surface area contributed by atoms with Crippen molar-refractivity contribution in [2.45, 2.75) is 50.5 Å². The van der Waals surface area contributed by atoms with Gasteiger partial charge in [-0.3, -0.25) is 9.78 Å². The normalized spacial score (nSPS) is 22.8. The smallest absolute Gasteiger partial charge is 0.314 e. The first-order chi connectivity index (χ1) is 17.7. The highest BCUT2D eigenvalue weighted by Gasteiger charge is 2.46. The van der Waals surface area contributed by atoms with Crippen LogP contribution in [0.2, 0.25) is 5.02 Å². The molecule has 1 aromatic heterocycles. The fraction of sp³-hybridized carbons (Fsp3) is 0.519. The predicted molar refractivity (Wildman–Crippen MR) is 151 cm³/mol. The second-order valence-corrected chi connectivity index (χ2v) is 12.8. The van der Waals surface area contributed by atoms with E-state index >= 15 is 0 Å². The van der Waals surface area contributed by atoms with Crippen LogP contribution < -0.4 is 11.5 Å². The number of pyridine rings is 1. The molecule has 2 aromatic rings. The van der Waals surface area contributed by atoms with Gasteiger partial charge in [-0.25, -0.2) is 4.79 Å². The molecule has 3 aliphatic rings. The Morgan fingerprint density at radius 3 is 2.32 bits per heavy atom. The molecular formula is C27H32Br2ClN5O2. The van der Waals surface area contributed by atoms with E-state index in [2.05, 4.69) is 37.9 Å². The molecule has 7 nitrogen and oxygen atoms in total. The number of rotatable bonds is 3. The summed E-state index contributed by atoms with van der Waals surface area (Å²) in [5, 5.41) is 0.690. The van der Waals surface area contributed by atoms with Crippen molar-refractivity contribution >= 4 is 55.4 Å². The number of fused-ring (bicyclic) bond motifs is 2. The molecule has 2 aliphatic heterocycles. The van der Waals surface area contributed by atoms with E-state index in [1.807, 2.05) is 23.2 Å². The fourth-order valence-corrected chi connectivity index (χ4v) is 8.02. The molecule has 1 atom stereocenters. The highest BCUT2D eigenvalue weighted by atomic mass is 79.9. The van der Waals surface area contributed by atoms with Crippen molar-refractivity contribution in [1.82, 2.24) is 14.8 Å². The van der Waals surface area contributed by atoms with Crippen LogP contribution in [0.3, 0.4) is 0 Å². The number of halogens is 3. The van der Waals surface area contributed by atoms with E-state index in [1.165, 1.54) is 0 Å². The van der Waals surface area contributed by atoms with Crippen molar-refractivity contribution in [1.29, 1.82) is 0 Å². The summed E-state index contributed by atoms with van der Waals surface area (Å²) in [4.78, 5) is 33.1. The van der Waals surface area contributed by atoms with E-state index in [0.717, 1.165) is 69.9 Å². The number of benzene rings is 1. The molecule has 1 unspecified atom stereocenters. The van der Waals surface area contributed by atoms with E-state index in [9.17, 15) is 9.59 Å². The largest absolute Gasteiger partial charge is 0.351 e. The molecule has 0 radical (unpaired) electrons. The Kier molecular flexibility index (Phi) is 7.87. The summed E-state index contributed by atoms with van der Waals surface area (Å²) in [6.45, 7) is 2.61. The lowest BCUT2D eigenvalue weighted by molar-refractivity contribution is -0.134. The van der Waals surface area contributed by atoms with Gasteiger partial charge in [-0.05, 0) is 101 Å². The number of primary amides is 1. The first-order valence-corrected chi connectivity index (χ1v) is 14.9. The molecule has 0 spiro atoms. The number of aromatic nitrogens is 1. The van der Waals surface area contributed by atoms with Gasteiger partial charge >= 0.3 is 6.03 Å². The summed E-state index contributed by atoms with van der Waals surface area (Å²) in [5.41, 5.74) is 16.4. The Bertz CT molecular complexity index is 1210. The maximum absolute atomic E-state index is 13.2. The number of aryl methyl sites for hydroxylation is 2. The third kappa shape index (κ3) is 5.29. The Morgan fingerprint density at radius 1 is 1.00 bits per heavy atom. The first-order valence-electron chi connectivity index (χ1n) is 12.9. The van der Waals surface area contributed by atoms with Gasteiger partial charge in [0.2, 0.25) is 5.91 Å². The summed E-state index contributed by atoms with van der Waals surface area (Å²) < 4.78 is 1.86. The number of nitrogens with zero attached hydrogens (tertiary/aromatic N) is 3. The summed E-state index contributed by atoms with van der Waals surface area (Å²) in [6.07, 6.45) is 7.28. The van der Waals surface area contributed by atoms with Gasteiger partial charge in [0.05, 0.1) is 11.2 Å². The van der Waals surface area contributed by atoms with Crippen molar-refractivity contribution in [3.63, 3.8) is 0 Å². The zero-order valence-electron chi connectivity index (χ0n) is 20.7. The zero-order chi connectivity index (χ0) is 26.3. The van der Waals surface area contributed by atoms with Gasteiger partial charge in [0.25, 0.3) is 0 Å². The van der Waals surface area contributed by atoms with Crippen molar-refractivity contribution in [3.05, 3.63) is 60.7 Å². The van der Waals surface area contributed by atoms with Crippen LogP contribution in [0.15, 0.2) is 33.3 Å². The zero-order valence-corrected chi connectivity index (χ0v) is 24.6. The predicted octanol–water partition coefficient (Wildman–Crippen LogP) is 4.98. The minimum Gasteiger partial charge on any atom is -0.351 e. The third-order valence-electron chi connectivity index (χ3n) is 8.42. The van der Waals surface area contributed by atoms with Crippen LogP contribution in [0.4, 0.5) is 4.79 Å². The number of carbonyl (C=O) groups excluding carboxylic acids is 2. The molecular weight excluding hydrogens is 622 g/mol. The summed E-state index contributed by atoms with van der Waals surface area (Å²) in [6, 6.07) is 5.72. The monoisotopic (exact) mass is 651 g/mol. The van der Waals surface area contributed by atoms with E-state index in [1.54, 1.807) is 4.90 Å². The number of carbonyl (C=O) groups is 2. The van der Waals surface area contributed by atoms with Crippen molar-refractivity contribution < 1.29 is 9.59 Å². The van der Waals surface area contributed by atoms with Crippen LogP contribution in [0.25, 0.3) is 0 Å². The van der Waals surface area contributed by atoms with Gasteiger partial charge in [0.15, 0.2) is 0 Å². The molecule has 2 saturated heterocycles. The second-order valence-electron chi connectivity index (χ2n) is 10.6. The lowest BCUT2D eigenvalue weighted by Crippen LogP contribution is -2.52. The second kappa shape index (κ2) is 10.8. The van der Waals surface area contributed by atoms with E-state index < -0.39 is 5.54 Å². The Hall–Kier alpha value is -1.68. The topological polar surface area (TPSA) is 106 Å². The van der Waals surface area contributed by atoms with Gasteiger partial charge in [-0.1, -0.05) is 27.5 Å².